The minimum absolute atomic E-state index is 0.0859. The van der Waals surface area contributed by atoms with E-state index in [2.05, 4.69) is 22.4 Å². The molecule has 72 valence electrons. The minimum atomic E-state index is -0.439. The van der Waals surface area contributed by atoms with Crippen molar-refractivity contribution in [2.75, 3.05) is 6.54 Å². The van der Waals surface area contributed by atoms with Gasteiger partial charge in [-0.05, 0) is 31.3 Å². The van der Waals surface area contributed by atoms with Gasteiger partial charge in [0.15, 0.2) is 0 Å². The van der Waals surface area contributed by atoms with Crippen molar-refractivity contribution >= 4 is 23.3 Å². The van der Waals surface area contributed by atoms with Crippen molar-refractivity contribution in [2.24, 2.45) is 4.99 Å². The van der Waals surface area contributed by atoms with Gasteiger partial charge in [-0.25, -0.2) is 9.79 Å². The maximum absolute atomic E-state index is 11.1. The van der Waals surface area contributed by atoms with E-state index in [4.69, 9.17) is 4.74 Å². The van der Waals surface area contributed by atoms with Crippen molar-refractivity contribution in [1.29, 1.82) is 0 Å². The number of hydrogen-bond acceptors (Lipinski definition) is 4. The highest BCUT2D eigenvalue weighted by atomic mass is 32.1. The molecular weight excluding hydrogens is 198 g/mol. The van der Waals surface area contributed by atoms with Gasteiger partial charge in [-0.3, -0.25) is 0 Å². The van der Waals surface area contributed by atoms with E-state index < -0.39 is 5.97 Å². The molecule has 1 rings (SSSR count). The third kappa shape index (κ3) is 3.47. The quantitative estimate of drug-likeness (QED) is 0.329. The normalized spacial score (nSPS) is 8.93. The summed E-state index contributed by atoms with van der Waals surface area (Å²) in [5.41, 5.74) is 1.11. The largest absolute Gasteiger partial charge is 0.425 e. The fourth-order valence-corrected chi connectivity index (χ4v) is 0.931. The third-order valence-electron chi connectivity index (χ3n) is 1.53. The molecule has 0 N–H and O–H groups in total. The van der Waals surface area contributed by atoms with Crippen LogP contribution in [0.4, 0.5) is 0 Å². The van der Waals surface area contributed by atoms with Crippen LogP contribution in [0.2, 0.25) is 0 Å². The molecule has 0 saturated carbocycles. The SMILES string of the molecule is Cc1ccc(OC(=O)CN=C=S)cc1. The summed E-state index contributed by atoms with van der Waals surface area (Å²) < 4.78 is 4.95. The van der Waals surface area contributed by atoms with Crippen LogP contribution in [0.25, 0.3) is 0 Å². The first-order chi connectivity index (χ1) is 6.72. The van der Waals surface area contributed by atoms with Gasteiger partial charge in [0.25, 0.3) is 0 Å². The second kappa shape index (κ2) is 5.27. The smallest absolute Gasteiger partial charge is 0.333 e. The van der Waals surface area contributed by atoms with Crippen LogP contribution in [0.1, 0.15) is 5.56 Å². The monoisotopic (exact) mass is 207 g/mol. The first kappa shape index (κ1) is 10.6. The number of ether oxygens (including phenoxy) is 1. The topological polar surface area (TPSA) is 38.7 Å². The summed E-state index contributed by atoms with van der Waals surface area (Å²) in [5, 5.41) is 2.10. The van der Waals surface area contributed by atoms with Crippen LogP contribution in [0.5, 0.6) is 5.75 Å². The number of benzene rings is 1. The Hall–Kier alpha value is -1.51. The zero-order valence-corrected chi connectivity index (χ0v) is 8.50. The summed E-state index contributed by atoms with van der Waals surface area (Å²) in [4.78, 5) is 14.5. The lowest BCUT2D eigenvalue weighted by atomic mass is 10.2. The average molecular weight is 207 g/mol. The number of nitrogens with zero attached hydrogens (tertiary/aromatic N) is 1. The summed E-state index contributed by atoms with van der Waals surface area (Å²) in [5.74, 6) is 0.0753. The van der Waals surface area contributed by atoms with Gasteiger partial charge in [-0.1, -0.05) is 17.7 Å². The molecule has 4 heteroatoms. The van der Waals surface area contributed by atoms with E-state index in [0.29, 0.717) is 5.75 Å². The Labute approximate surface area is 87.4 Å². The lowest BCUT2D eigenvalue weighted by molar-refractivity contribution is -0.132. The van der Waals surface area contributed by atoms with Gasteiger partial charge in [0.1, 0.15) is 12.3 Å². The second-order valence-corrected chi connectivity index (χ2v) is 2.88. The van der Waals surface area contributed by atoms with Crippen LogP contribution in [0.15, 0.2) is 29.3 Å². The lowest BCUT2D eigenvalue weighted by Crippen LogP contribution is -2.11. The third-order valence-corrected chi connectivity index (χ3v) is 1.65. The van der Waals surface area contributed by atoms with Crippen LogP contribution in [0.3, 0.4) is 0 Å². The van der Waals surface area contributed by atoms with Crippen LogP contribution < -0.4 is 4.74 Å². The van der Waals surface area contributed by atoms with E-state index in [1.807, 2.05) is 19.1 Å². The van der Waals surface area contributed by atoms with Crippen molar-refractivity contribution in [1.82, 2.24) is 0 Å². The number of aliphatic imine (C=N–C) groups is 1. The van der Waals surface area contributed by atoms with Crippen LogP contribution in [0, 0.1) is 6.92 Å². The zero-order chi connectivity index (χ0) is 10.4. The summed E-state index contributed by atoms with van der Waals surface area (Å²) in [7, 11) is 0. The molecule has 3 nitrogen and oxygen atoms in total. The number of thiocarbonyl (C=S) groups is 1. The molecule has 0 bridgehead atoms. The predicted octanol–water partition coefficient (Wildman–Crippen LogP) is 2.00. The molecule has 1 aromatic carbocycles. The molecule has 0 spiro atoms. The van der Waals surface area contributed by atoms with Crippen LogP contribution in [-0.2, 0) is 4.79 Å². The average Bonchev–Trinajstić information content (AvgIpc) is 2.18. The zero-order valence-electron chi connectivity index (χ0n) is 7.69. The Kier molecular flexibility index (Phi) is 3.98. The standard InChI is InChI=1S/C10H9NO2S/c1-8-2-4-9(5-3-8)13-10(12)6-11-7-14/h2-5H,6H2,1H3. The van der Waals surface area contributed by atoms with Gasteiger partial charge in [0.05, 0.1) is 5.16 Å². The minimum Gasteiger partial charge on any atom is -0.425 e. The summed E-state index contributed by atoms with van der Waals surface area (Å²) in [6.45, 7) is 1.87. The number of carbonyl (C=O) groups excluding carboxylic acids is 1. The van der Waals surface area contributed by atoms with Crippen LogP contribution in [-0.4, -0.2) is 17.7 Å². The maximum Gasteiger partial charge on any atom is 0.333 e. The van der Waals surface area contributed by atoms with Crippen molar-refractivity contribution in [3.63, 3.8) is 0 Å². The molecular formula is C10H9NO2S. The van der Waals surface area contributed by atoms with E-state index in [0.717, 1.165) is 5.56 Å². The van der Waals surface area contributed by atoms with E-state index in [9.17, 15) is 4.79 Å². The molecule has 0 amide bonds. The van der Waals surface area contributed by atoms with Gasteiger partial charge < -0.3 is 4.74 Å². The molecule has 0 unspecified atom stereocenters. The molecule has 14 heavy (non-hydrogen) atoms. The van der Waals surface area contributed by atoms with Crippen LogP contribution >= 0.6 is 12.2 Å². The number of isothiocyanates is 1. The van der Waals surface area contributed by atoms with Crippen molar-refractivity contribution < 1.29 is 9.53 Å². The Balaban J connectivity index is 2.56. The molecule has 1 aromatic rings. The molecule has 0 aliphatic rings. The number of aryl methyl sites for hydroxylation is 1. The predicted molar refractivity (Wildman–Crippen MR) is 56.7 cm³/mol. The highest BCUT2D eigenvalue weighted by molar-refractivity contribution is 7.78. The first-order valence-corrected chi connectivity index (χ1v) is 4.44. The lowest BCUT2D eigenvalue weighted by Gasteiger charge is -2.01. The number of esters is 1. The highest BCUT2D eigenvalue weighted by Gasteiger charge is 2.02. The van der Waals surface area contributed by atoms with Crippen molar-refractivity contribution in [3.8, 4) is 5.75 Å². The first-order valence-electron chi connectivity index (χ1n) is 4.03. The number of hydrogen-bond donors (Lipinski definition) is 0. The molecule has 0 aromatic heterocycles. The number of carbonyl (C=O) groups is 1. The molecule has 0 saturated heterocycles. The van der Waals surface area contributed by atoms with E-state index in [-0.39, 0.29) is 6.54 Å². The molecule has 0 atom stereocenters. The van der Waals surface area contributed by atoms with Gasteiger partial charge in [-0.15, -0.1) is 0 Å². The molecule has 0 aliphatic carbocycles. The van der Waals surface area contributed by atoms with Gasteiger partial charge >= 0.3 is 5.97 Å². The fraction of sp³-hybridized carbons (Fsp3) is 0.200. The highest BCUT2D eigenvalue weighted by Crippen LogP contribution is 2.11. The summed E-state index contributed by atoms with van der Waals surface area (Å²) in [6.07, 6.45) is 0. The van der Waals surface area contributed by atoms with Crippen molar-refractivity contribution in [3.05, 3.63) is 29.8 Å². The molecule has 0 fully saturated rings. The second-order valence-electron chi connectivity index (χ2n) is 2.69. The Morgan fingerprint density at radius 1 is 1.50 bits per heavy atom. The Morgan fingerprint density at radius 2 is 2.14 bits per heavy atom. The summed E-state index contributed by atoms with van der Waals surface area (Å²) >= 11 is 4.33. The maximum atomic E-state index is 11.1. The molecule has 0 radical (unpaired) electrons. The Bertz CT molecular complexity index is 366. The molecule has 0 aliphatic heterocycles. The number of rotatable bonds is 3. The van der Waals surface area contributed by atoms with E-state index in [1.165, 1.54) is 0 Å². The summed E-state index contributed by atoms with van der Waals surface area (Å²) in [6, 6.07) is 7.19. The fourth-order valence-electron chi connectivity index (χ4n) is 0.867. The van der Waals surface area contributed by atoms with Crippen molar-refractivity contribution in [2.45, 2.75) is 6.92 Å². The Morgan fingerprint density at radius 3 is 2.71 bits per heavy atom. The van der Waals surface area contributed by atoms with E-state index >= 15 is 0 Å². The van der Waals surface area contributed by atoms with Gasteiger partial charge in [-0.2, -0.15) is 0 Å². The van der Waals surface area contributed by atoms with Gasteiger partial charge in [0, 0.05) is 0 Å². The van der Waals surface area contributed by atoms with Gasteiger partial charge in [0.2, 0.25) is 0 Å². The molecule has 0 heterocycles. The van der Waals surface area contributed by atoms with E-state index in [1.54, 1.807) is 12.1 Å².